The molecule has 0 aliphatic carbocycles. The predicted molar refractivity (Wildman–Crippen MR) is 135 cm³/mol. The summed E-state index contributed by atoms with van der Waals surface area (Å²) in [6, 6.07) is 3.63. The normalized spacial score (nSPS) is 18.1. The first kappa shape index (κ1) is 23.5. The van der Waals surface area contributed by atoms with Gasteiger partial charge in [-0.2, -0.15) is 4.98 Å². The van der Waals surface area contributed by atoms with E-state index in [0.29, 0.717) is 80.1 Å². The van der Waals surface area contributed by atoms with Gasteiger partial charge in [0, 0.05) is 38.4 Å². The molecule has 1 amide bonds. The van der Waals surface area contributed by atoms with Crippen molar-refractivity contribution in [3.05, 3.63) is 35.3 Å². The van der Waals surface area contributed by atoms with E-state index in [9.17, 15) is 9.90 Å². The van der Waals surface area contributed by atoms with Gasteiger partial charge in [0.15, 0.2) is 17.1 Å². The molecule has 0 saturated carbocycles. The first-order valence-corrected chi connectivity index (χ1v) is 12.1. The summed E-state index contributed by atoms with van der Waals surface area (Å²) in [6.45, 7) is 3.44. The summed E-state index contributed by atoms with van der Waals surface area (Å²) in [4.78, 5) is 34.5. The smallest absolute Gasteiger partial charge is 0.300 e. The number of hydrogen-bond acceptors (Lipinski definition) is 12. The Kier molecular flexibility index (Phi) is 6.02. The highest BCUT2D eigenvalue weighted by atomic mass is 35.5. The summed E-state index contributed by atoms with van der Waals surface area (Å²) < 4.78 is 16.9. The third kappa shape index (κ3) is 4.63. The van der Waals surface area contributed by atoms with Crippen LogP contribution in [0.4, 0.5) is 23.3 Å². The van der Waals surface area contributed by atoms with Crippen LogP contribution in [0.5, 0.6) is 0 Å². The molecular weight excluding hydrogens is 504 g/mol. The standard InChI is InChI=1S/C23H23ClN8O5/c24-14-9-26-18(25)7-13(14)22-28-16(11-36-22)21(34)27-15-8-17-19(29-20(15)32-2-1-12(33)10-32)30-23(37-17)31-3-5-35-6-4-31/h7-9,11-12,33H,1-6,10H2,(H2,25,26)(H,27,34). The lowest BCUT2D eigenvalue weighted by Gasteiger charge is -2.24. The van der Waals surface area contributed by atoms with E-state index in [1.165, 1.54) is 18.5 Å². The Bertz CT molecular complexity index is 1470. The number of pyridine rings is 2. The molecule has 6 rings (SSSR count). The second kappa shape index (κ2) is 9.50. The Balaban J connectivity index is 1.32. The number of nitrogen functional groups attached to an aromatic ring is 1. The molecule has 37 heavy (non-hydrogen) atoms. The summed E-state index contributed by atoms with van der Waals surface area (Å²) in [7, 11) is 0. The number of fused-ring (bicyclic) bond motifs is 1. The van der Waals surface area contributed by atoms with Crippen LogP contribution in [0.25, 0.3) is 22.7 Å². The maximum Gasteiger partial charge on any atom is 0.300 e. The van der Waals surface area contributed by atoms with Gasteiger partial charge in [-0.25, -0.2) is 15.0 Å². The fraction of sp³-hybridized carbons (Fsp3) is 0.348. The van der Waals surface area contributed by atoms with Crippen molar-refractivity contribution >= 4 is 52.1 Å². The number of nitrogens with two attached hydrogens (primary N) is 1. The zero-order valence-electron chi connectivity index (χ0n) is 19.6. The molecule has 6 heterocycles. The number of anilines is 4. The summed E-state index contributed by atoms with van der Waals surface area (Å²) >= 11 is 6.19. The molecule has 2 aliphatic heterocycles. The lowest BCUT2D eigenvalue weighted by Crippen LogP contribution is -2.36. The minimum atomic E-state index is -0.525. The highest BCUT2D eigenvalue weighted by Gasteiger charge is 2.27. The topological polar surface area (TPSA) is 169 Å². The number of morpholine rings is 1. The lowest BCUT2D eigenvalue weighted by atomic mass is 10.2. The molecule has 0 bridgehead atoms. The van der Waals surface area contributed by atoms with Crippen molar-refractivity contribution in [3.8, 4) is 11.5 Å². The van der Waals surface area contributed by atoms with Crippen molar-refractivity contribution in [2.24, 2.45) is 0 Å². The zero-order chi connectivity index (χ0) is 25.5. The summed E-state index contributed by atoms with van der Waals surface area (Å²) in [5.41, 5.74) is 7.41. The number of hydrogen-bond donors (Lipinski definition) is 3. The van der Waals surface area contributed by atoms with E-state index in [1.807, 2.05) is 9.80 Å². The maximum absolute atomic E-state index is 13.2. The molecular formula is C23H23ClN8O5. The Morgan fingerprint density at radius 1 is 1.16 bits per heavy atom. The number of ether oxygens (including phenoxy) is 1. The number of rotatable bonds is 5. The summed E-state index contributed by atoms with van der Waals surface area (Å²) in [5.74, 6) is 0.325. The molecule has 4 aromatic heterocycles. The highest BCUT2D eigenvalue weighted by molar-refractivity contribution is 6.33. The van der Waals surface area contributed by atoms with Crippen molar-refractivity contribution in [3.63, 3.8) is 0 Å². The average molecular weight is 527 g/mol. The maximum atomic E-state index is 13.2. The molecule has 4 aromatic rings. The number of nitrogens with zero attached hydrogens (tertiary/aromatic N) is 6. The van der Waals surface area contributed by atoms with Gasteiger partial charge in [0.1, 0.15) is 12.1 Å². The number of aliphatic hydroxyl groups is 1. The number of halogens is 1. The van der Waals surface area contributed by atoms with Crippen molar-refractivity contribution in [2.45, 2.75) is 12.5 Å². The largest absolute Gasteiger partial charge is 0.444 e. The van der Waals surface area contributed by atoms with Gasteiger partial charge in [-0.15, -0.1) is 0 Å². The predicted octanol–water partition coefficient (Wildman–Crippen LogP) is 2.17. The molecule has 1 unspecified atom stereocenters. The van der Waals surface area contributed by atoms with E-state index in [1.54, 1.807) is 6.07 Å². The molecule has 2 aliphatic rings. The van der Waals surface area contributed by atoms with Gasteiger partial charge in [0.2, 0.25) is 11.5 Å². The fourth-order valence-corrected chi connectivity index (χ4v) is 4.49. The van der Waals surface area contributed by atoms with Crippen LogP contribution in [0.2, 0.25) is 5.02 Å². The van der Waals surface area contributed by atoms with Crippen LogP contribution >= 0.6 is 11.6 Å². The van der Waals surface area contributed by atoms with Crippen molar-refractivity contribution in [2.75, 3.05) is 60.2 Å². The number of aliphatic hydroxyl groups excluding tert-OH is 1. The van der Waals surface area contributed by atoms with Crippen LogP contribution in [-0.4, -0.2) is 76.4 Å². The third-order valence-corrected chi connectivity index (χ3v) is 6.49. The van der Waals surface area contributed by atoms with Crippen LogP contribution in [-0.2, 0) is 4.74 Å². The van der Waals surface area contributed by atoms with Gasteiger partial charge in [-0.05, 0) is 12.5 Å². The van der Waals surface area contributed by atoms with E-state index < -0.39 is 12.0 Å². The SMILES string of the molecule is Nc1cc(-c2nc(C(=O)Nc3cc4oc(N5CCOCC5)nc4nc3N3CCC(O)C3)co2)c(Cl)cn1. The molecule has 192 valence electrons. The number of amides is 1. The van der Waals surface area contributed by atoms with Crippen molar-refractivity contribution < 1.29 is 23.5 Å². The molecule has 14 heteroatoms. The van der Waals surface area contributed by atoms with Crippen LogP contribution in [0, 0.1) is 0 Å². The number of carbonyl (C=O) groups is 1. The number of nitrogens with one attached hydrogen (secondary N) is 1. The monoisotopic (exact) mass is 526 g/mol. The quantitative estimate of drug-likeness (QED) is 0.347. The molecule has 0 aromatic carbocycles. The van der Waals surface area contributed by atoms with Gasteiger partial charge in [-0.3, -0.25) is 4.79 Å². The number of oxazole rings is 2. The van der Waals surface area contributed by atoms with Gasteiger partial charge in [0.05, 0.1) is 35.6 Å². The first-order chi connectivity index (χ1) is 17.9. The van der Waals surface area contributed by atoms with Gasteiger partial charge >= 0.3 is 0 Å². The Morgan fingerprint density at radius 3 is 2.78 bits per heavy atom. The van der Waals surface area contributed by atoms with E-state index in [0.717, 1.165) is 0 Å². The van der Waals surface area contributed by atoms with E-state index in [4.69, 9.17) is 30.9 Å². The Hall–Kier alpha value is -3.94. The molecule has 2 fully saturated rings. The minimum Gasteiger partial charge on any atom is -0.444 e. The lowest BCUT2D eigenvalue weighted by molar-refractivity contribution is 0.102. The Morgan fingerprint density at radius 2 is 2.00 bits per heavy atom. The van der Waals surface area contributed by atoms with Crippen LogP contribution in [0.15, 0.2) is 33.4 Å². The number of carbonyl (C=O) groups excluding carboxylic acids is 1. The minimum absolute atomic E-state index is 0.0283. The second-order valence-corrected chi connectivity index (χ2v) is 9.15. The molecule has 13 nitrogen and oxygen atoms in total. The van der Waals surface area contributed by atoms with Gasteiger partial charge in [0.25, 0.3) is 11.9 Å². The van der Waals surface area contributed by atoms with E-state index in [-0.39, 0.29) is 22.4 Å². The van der Waals surface area contributed by atoms with E-state index in [2.05, 4.69) is 25.3 Å². The van der Waals surface area contributed by atoms with E-state index >= 15 is 0 Å². The number of aromatic nitrogens is 4. The second-order valence-electron chi connectivity index (χ2n) is 8.75. The third-order valence-electron chi connectivity index (χ3n) is 6.19. The van der Waals surface area contributed by atoms with Gasteiger partial charge in [-0.1, -0.05) is 11.6 Å². The van der Waals surface area contributed by atoms with Crippen LogP contribution in [0.1, 0.15) is 16.9 Å². The van der Waals surface area contributed by atoms with Crippen LogP contribution < -0.4 is 20.9 Å². The van der Waals surface area contributed by atoms with Crippen molar-refractivity contribution in [1.29, 1.82) is 0 Å². The molecule has 2 saturated heterocycles. The molecule has 1 atom stereocenters. The fourth-order valence-electron chi connectivity index (χ4n) is 4.31. The summed E-state index contributed by atoms with van der Waals surface area (Å²) in [6.07, 6.45) is 2.72. The first-order valence-electron chi connectivity index (χ1n) is 11.7. The molecule has 0 spiro atoms. The van der Waals surface area contributed by atoms with Gasteiger partial charge < -0.3 is 39.5 Å². The highest BCUT2D eigenvalue weighted by Crippen LogP contribution is 2.33. The summed E-state index contributed by atoms with van der Waals surface area (Å²) in [5, 5.41) is 13.2. The average Bonchev–Trinajstić information content (AvgIpc) is 3.65. The molecule has 4 N–H and O–H groups in total. The number of β-amino-alcohol motifs (C(OH)–C–C–N with tert-alkyl or cyclic N) is 1. The van der Waals surface area contributed by atoms with Crippen molar-refractivity contribution in [1.82, 2.24) is 19.9 Å². The molecule has 0 radical (unpaired) electrons. The zero-order valence-corrected chi connectivity index (χ0v) is 20.3. The Labute approximate surface area is 215 Å². The van der Waals surface area contributed by atoms with Crippen LogP contribution in [0.3, 0.4) is 0 Å².